The van der Waals surface area contributed by atoms with Crippen LogP contribution >= 0.6 is 0 Å². The molecule has 2 aromatic rings. The number of urea groups is 1. The predicted octanol–water partition coefficient (Wildman–Crippen LogP) is 3.67. The lowest BCUT2D eigenvalue weighted by Gasteiger charge is -2.28. The van der Waals surface area contributed by atoms with E-state index in [0.29, 0.717) is 31.2 Å². The van der Waals surface area contributed by atoms with E-state index in [1.165, 1.54) is 18.4 Å². The van der Waals surface area contributed by atoms with E-state index in [-0.39, 0.29) is 12.1 Å². The Hall–Kier alpha value is -2.57. The number of carbonyl (C=O) groups is 1. The van der Waals surface area contributed by atoms with Crippen molar-refractivity contribution in [3.05, 3.63) is 60.2 Å². The summed E-state index contributed by atoms with van der Waals surface area (Å²) in [6.07, 6.45) is 2.42. The normalized spacial score (nSPS) is 15.2. The molecule has 6 heteroatoms. The summed E-state index contributed by atoms with van der Waals surface area (Å²) in [6, 6.07) is 17.7. The lowest BCUT2D eigenvalue weighted by molar-refractivity contribution is 0.146. The number of hydrogen-bond donors (Lipinski definition) is 2. The van der Waals surface area contributed by atoms with Crippen molar-refractivity contribution in [1.29, 1.82) is 0 Å². The number of para-hydroxylation sites is 2. The first-order chi connectivity index (χ1) is 13.8. The number of nitrogens with one attached hydrogen (secondary N) is 2. The molecule has 6 nitrogen and oxygen atoms in total. The van der Waals surface area contributed by atoms with Crippen LogP contribution < -0.4 is 15.4 Å². The SMILES string of the molecule is COCCOc1ccccc1NC(=O)NCC(c1ccccc1)N1CCCC1. The van der Waals surface area contributed by atoms with Gasteiger partial charge in [-0.25, -0.2) is 4.79 Å². The van der Waals surface area contributed by atoms with E-state index in [0.717, 1.165) is 13.1 Å². The Bertz CT molecular complexity index is 733. The highest BCUT2D eigenvalue weighted by Gasteiger charge is 2.23. The van der Waals surface area contributed by atoms with Crippen LogP contribution in [0.3, 0.4) is 0 Å². The molecule has 1 unspecified atom stereocenters. The minimum absolute atomic E-state index is 0.183. The Balaban J connectivity index is 1.59. The average molecular weight is 383 g/mol. The van der Waals surface area contributed by atoms with Crippen LogP contribution in [0.25, 0.3) is 0 Å². The largest absolute Gasteiger partial charge is 0.489 e. The zero-order chi connectivity index (χ0) is 19.6. The molecule has 1 heterocycles. The summed E-state index contributed by atoms with van der Waals surface area (Å²) in [6.45, 7) is 3.62. The Morgan fingerprint density at radius 3 is 2.50 bits per heavy atom. The number of ether oxygens (including phenoxy) is 2. The van der Waals surface area contributed by atoms with Crippen LogP contribution in [0.5, 0.6) is 5.75 Å². The summed E-state index contributed by atoms with van der Waals surface area (Å²) in [5.74, 6) is 0.633. The van der Waals surface area contributed by atoms with Gasteiger partial charge in [-0.15, -0.1) is 0 Å². The van der Waals surface area contributed by atoms with Crippen LogP contribution in [0.15, 0.2) is 54.6 Å². The van der Waals surface area contributed by atoms with Crippen LogP contribution in [0.2, 0.25) is 0 Å². The molecule has 2 amide bonds. The molecule has 0 aliphatic carbocycles. The lowest BCUT2D eigenvalue weighted by Crippen LogP contribution is -2.38. The second-order valence-corrected chi connectivity index (χ2v) is 6.84. The molecule has 0 saturated carbocycles. The van der Waals surface area contributed by atoms with Gasteiger partial charge in [-0.1, -0.05) is 42.5 Å². The van der Waals surface area contributed by atoms with Gasteiger partial charge in [-0.3, -0.25) is 4.90 Å². The molecule has 2 aromatic carbocycles. The summed E-state index contributed by atoms with van der Waals surface area (Å²) in [5, 5.41) is 5.93. The molecule has 1 fully saturated rings. The molecule has 3 rings (SSSR count). The predicted molar refractivity (Wildman–Crippen MR) is 111 cm³/mol. The number of rotatable bonds is 9. The molecule has 2 N–H and O–H groups in total. The summed E-state index contributed by atoms with van der Waals surface area (Å²) >= 11 is 0. The maximum absolute atomic E-state index is 12.5. The van der Waals surface area contributed by atoms with Crippen molar-refractivity contribution >= 4 is 11.7 Å². The Kier molecular flexibility index (Phi) is 7.70. The highest BCUT2D eigenvalue weighted by Crippen LogP contribution is 2.25. The summed E-state index contributed by atoms with van der Waals surface area (Å²) in [4.78, 5) is 15.0. The van der Waals surface area contributed by atoms with Gasteiger partial charge >= 0.3 is 6.03 Å². The molecule has 0 bridgehead atoms. The standard InChI is InChI=1S/C22H29N3O3/c1-27-15-16-28-21-12-6-5-11-19(21)24-22(26)23-17-20(25-13-7-8-14-25)18-9-3-2-4-10-18/h2-6,9-12,20H,7-8,13-17H2,1H3,(H2,23,24,26). The van der Waals surface area contributed by atoms with Crippen molar-refractivity contribution in [2.45, 2.75) is 18.9 Å². The van der Waals surface area contributed by atoms with E-state index in [4.69, 9.17) is 9.47 Å². The molecule has 0 spiro atoms. The van der Waals surface area contributed by atoms with Crippen molar-refractivity contribution in [3.63, 3.8) is 0 Å². The van der Waals surface area contributed by atoms with Gasteiger partial charge in [0.15, 0.2) is 0 Å². The van der Waals surface area contributed by atoms with E-state index < -0.39 is 0 Å². The first-order valence-electron chi connectivity index (χ1n) is 9.82. The maximum Gasteiger partial charge on any atom is 0.319 e. The summed E-state index contributed by atoms with van der Waals surface area (Å²) < 4.78 is 10.7. The van der Waals surface area contributed by atoms with Gasteiger partial charge in [0, 0.05) is 13.7 Å². The van der Waals surface area contributed by atoms with Gasteiger partial charge in [0.1, 0.15) is 12.4 Å². The third-order valence-corrected chi connectivity index (χ3v) is 4.90. The van der Waals surface area contributed by atoms with Crippen LogP contribution in [0.4, 0.5) is 10.5 Å². The third-order valence-electron chi connectivity index (χ3n) is 4.90. The fourth-order valence-corrected chi connectivity index (χ4v) is 3.47. The zero-order valence-corrected chi connectivity index (χ0v) is 16.4. The first-order valence-corrected chi connectivity index (χ1v) is 9.82. The third kappa shape index (κ3) is 5.71. The van der Waals surface area contributed by atoms with Crippen LogP contribution in [-0.4, -0.2) is 50.9 Å². The van der Waals surface area contributed by atoms with E-state index in [9.17, 15) is 4.79 Å². The molecule has 1 aliphatic heterocycles. The summed E-state index contributed by atoms with van der Waals surface area (Å²) in [7, 11) is 1.63. The average Bonchev–Trinajstić information content (AvgIpc) is 3.25. The molecule has 0 aromatic heterocycles. The van der Waals surface area contributed by atoms with Gasteiger partial charge in [0.2, 0.25) is 0 Å². The highest BCUT2D eigenvalue weighted by atomic mass is 16.5. The van der Waals surface area contributed by atoms with E-state index in [1.807, 2.05) is 42.5 Å². The van der Waals surface area contributed by atoms with Crippen molar-refractivity contribution in [2.24, 2.45) is 0 Å². The monoisotopic (exact) mass is 383 g/mol. The molecule has 28 heavy (non-hydrogen) atoms. The second-order valence-electron chi connectivity index (χ2n) is 6.84. The van der Waals surface area contributed by atoms with Crippen molar-refractivity contribution in [3.8, 4) is 5.75 Å². The molecule has 0 radical (unpaired) electrons. The molecular formula is C22H29N3O3. The minimum Gasteiger partial charge on any atom is -0.489 e. The number of carbonyl (C=O) groups excluding carboxylic acids is 1. The van der Waals surface area contributed by atoms with E-state index in [1.54, 1.807) is 7.11 Å². The number of methoxy groups -OCH3 is 1. The number of likely N-dealkylation sites (tertiary alicyclic amines) is 1. The lowest BCUT2D eigenvalue weighted by atomic mass is 10.1. The maximum atomic E-state index is 12.5. The highest BCUT2D eigenvalue weighted by molar-refractivity contribution is 5.90. The number of nitrogens with zero attached hydrogens (tertiary/aromatic N) is 1. The first kappa shape index (κ1) is 20.2. The minimum atomic E-state index is -0.233. The summed E-state index contributed by atoms with van der Waals surface area (Å²) in [5.41, 5.74) is 1.88. The number of benzene rings is 2. The zero-order valence-electron chi connectivity index (χ0n) is 16.4. The topological polar surface area (TPSA) is 62.8 Å². The van der Waals surface area contributed by atoms with Crippen molar-refractivity contribution in [2.75, 3.05) is 45.3 Å². The number of hydrogen-bond acceptors (Lipinski definition) is 4. The van der Waals surface area contributed by atoms with Gasteiger partial charge in [-0.05, 0) is 43.6 Å². The van der Waals surface area contributed by atoms with E-state index >= 15 is 0 Å². The molecule has 150 valence electrons. The molecule has 1 saturated heterocycles. The Labute approximate surface area is 166 Å². The Morgan fingerprint density at radius 2 is 1.75 bits per heavy atom. The second kappa shape index (κ2) is 10.7. The quantitative estimate of drug-likeness (QED) is 0.649. The molecular weight excluding hydrogens is 354 g/mol. The van der Waals surface area contributed by atoms with Crippen LogP contribution in [0, 0.1) is 0 Å². The number of amides is 2. The number of anilines is 1. The molecule has 1 aliphatic rings. The van der Waals surface area contributed by atoms with Crippen LogP contribution in [0.1, 0.15) is 24.4 Å². The van der Waals surface area contributed by atoms with Gasteiger partial charge in [0.25, 0.3) is 0 Å². The fourth-order valence-electron chi connectivity index (χ4n) is 3.47. The van der Waals surface area contributed by atoms with E-state index in [2.05, 4.69) is 27.7 Å². The smallest absolute Gasteiger partial charge is 0.319 e. The van der Waals surface area contributed by atoms with Crippen LogP contribution in [-0.2, 0) is 4.74 Å². The van der Waals surface area contributed by atoms with Gasteiger partial charge < -0.3 is 20.1 Å². The van der Waals surface area contributed by atoms with Gasteiger partial charge in [-0.2, -0.15) is 0 Å². The van der Waals surface area contributed by atoms with Crippen molar-refractivity contribution < 1.29 is 14.3 Å². The van der Waals surface area contributed by atoms with Crippen molar-refractivity contribution in [1.82, 2.24) is 10.2 Å². The van der Waals surface area contributed by atoms with Gasteiger partial charge in [0.05, 0.1) is 18.3 Å². The fraction of sp³-hybridized carbons (Fsp3) is 0.409. The Morgan fingerprint density at radius 1 is 1.04 bits per heavy atom. The molecule has 1 atom stereocenters.